The van der Waals surface area contributed by atoms with E-state index in [2.05, 4.69) is 20.6 Å². The zero-order chi connectivity index (χ0) is 18.5. The van der Waals surface area contributed by atoms with Gasteiger partial charge in [0.05, 0.1) is 10.6 Å². The molecule has 0 aliphatic heterocycles. The minimum atomic E-state index is -0.646. The third kappa shape index (κ3) is 4.33. The third-order valence-electron chi connectivity index (χ3n) is 3.64. The van der Waals surface area contributed by atoms with Crippen LogP contribution in [0.25, 0.3) is 11.4 Å². The van der Waals surface area contributed by atoms with E-state index in [9.17, 15) is 9.59 Å². The van der Waals surface area contributed by atoms with Crippen molar-refractivity contribution >= 4 is 39.6 Å². The average Bonchev–Trinajstić information content (AvgIpc) is 3.32. The fourth-order valence-electron chi connectivity index (χ4n) is 2.30. The molecule has 0 aromatic carbocycles. The number of aromatic nitrogens is 2. The number of hydrogen-bond donors (Lipinski definition) is 2. The van der Waals surface area contributed by atoms with Crippen LogP contribution < -0.4 is 10.6 Å². The molecule has 2 N–H and O–H groups in total. The lowest BCUT2D eigenvalue weighted by molar-refractivity contribution is -0.118. The number of thiazole rings is 1. The molecule has 3 heterocycles. The molecular weight excluding hydrogens is 368 g/mol. The molecule has 8 heteroatoms. The number of carbonyl (C=O) groups is 2. The van der Waals surface area contributed by atoms with Crippen molar-refractivity contribution in [3.05, 3.63) is 52.2 Å². The summed E-state index contributed by atoms with van der Waals surface area (Å²) in [6.07, 6.45) is 1.70. The molecular formula is C18H18N4O2S2. The Morgan fingerprint density at radius 3 is 2.58 bits per heavy atom. The molecule has 0 fully saturated rings. The molecule has 0 saturated carbocycles. The van der Waals surface area contributed by atoms with Crippen LogP contribution in [0, 0.1) is 5.92 Å². The number of rotatable bonds is 6. The molecule has 26 heavy (non-hydrogen) atoms. The molecule has 134 valence electrons. The van der Waals surface area contributed by atoms with Crippen LogP contribution >= 0.6 is 22.7 Å². The maximum Gasteiger partial charge on any atom is 0.262 e. The highest BCUT2D eigenvalue weighted by molar-refractivity contribution is 7.14. The first kappa shape index (κ1) is 18.2. The van der Waals surface area contributed by atoms with Crippen molar-refractivity contribution in [2.75, 3.05) is 5.32 Å². The Morgan fingerprint density at radius 2 is 1.92 bits per heavy atom. The van der Waals surface area contributed by atoms with E-state index in [1.54, 1.807) is 18.3 Å². The molecule has 0 aliphatic rings. The van der Waals surface area contributed by atoms with Crippen LogP contribution in [0.15, 0.2) is 47.3 Å². The molecule has 3 aromatic heterocycles. The van der Waals surface area contributed by atoms with Gasteiger partial charge in [-0.2, -0.15) is 0 Å². The Kier molecular flexibility index (Phi) is 5.75. The Bertz CT molecular complexity index is 876. The lowest BCUT2D eigenvalue weighted by Gasteiger charge is -2.20. The van der Waals surface area contributed by atoms with Gasteiger partial charge in [-0.1, -0.05) is 26.0 Å². The molecule has 0 radical (unpaired) electrons. The van der Waals surface area contributed by atoms with Crippen molar-refractivity contribution in [3.8, 4) is 11.4 Å². The monoisotopic (exact) mass is 386 g/mol. The highest BCUT2D eigenvalue weighted by Crippen LogP contribution is 2.23. The molecule has 0 spiro atoms. The second-order valence-electron chi connectivity index (χ2n) is 5.91. The fraction of sp³-hybridized carbons (Fsp3) is 0.222. The normalized spacial score (nSPS) is 12.0. The van der Waals surface area contributed by atoms with Crippen LogP contribution in [-0.2, 0) is 4.79 Å². The van der Waals surface area contributed by atoms with E-state index in [4.69, 9.17) is 0 Å². The number of carbonyl (C=O) groups excluding carboxylic acids is 2. The molecule has 1 atom stereocenters. The first-order chi connectivity index (χ1) is 12.5. The van der Waals surface area contributed by atoms with Crippen LogP contribution in [0.5, 0.6) is 0 Å². The Labute approximate surface area is 159 Å². The molecule has 0 aliphatic carbocycles. The van der Waals surface area contributed by atoms with Crippen LogP contribution in [0.3, 0.4) is 0 Å². The Morgan fingerprint density at radius 1 is 1.08 bits per heavy atom. The predicted molar refractivity (Wildman–Crippen MR) is 104 cm³/mol. The summed E-state index contributed by atoms with van der Waals surface area (Å²) in [5.41, 5.74) is 1.45. The number of pyridine rings is 1. The van der Waals surface area contributed by atoms with Crippen LogP contribution in [0.4, 0.5) is 5.13 Å². The first-order valence-corrected chi connectivity index (χ1v) is 9.82. The van der Waals surface area contributed by atoms with Crippen molar-refractivity contribution in [1.29, 1.82) is 0 Å². The zero-order valence-electron chi connectivity index (χ0n) is 14.3. The number of anilines is 1. The quantitative estimate of drug-likeness (QED) is 0.677. The van der Waals surface area contributed by atoms with Gasteiger partial charge in [0.25, 0.3) is 5.91 Å². The van der Waals surface area contributed by atoms with Gasteiger partial charge in [-0.15, -0.1) is 22.7 Å². The Balaban J connectivity index is 1.68. The van der Waals surface area contributed by atoms with E-state index in [0.29, 0.717) is 15.7 Å². The molecule has 6 nitrogen and oxygen atoms in total. The molecule has 3 rings (SSSR count). The molecule has 1 unspecified atom stereocenters. The fourth-order valence-corrected chi connectivity index (χ4v) is 3.64. The van der Waals surface area contributed by atoms with Gasteiger partial charge in [-0.3, -0.25) is 14.6 Å². The van der Waals surface area contributed by atoms with Crippen molar-refractivity contribution < 1.29 is 9.59 Å². The van der Waals surface area contributed by atoms with Crippen LogP contribution in [0.1, 0.15) is 23.5 Å². The second-order valence-corrected chi connectivity index (χ2v) is 7.72. The van der Waals surface area contributed by atoms with E-state index >= 15 is 0 Å². The Hall–Kier alpha value is -2.58. The summed E-state index contributed by atoms with van der Waals surface area (Å²) in [7, 11) is 0. The second kappa shape index (κ2) is 8.20. The van der Waals surface area contributed by atoms with Gasteiger partial charge < -0.3 is 10.6 Å². The highest BCUT2D eigenvalue weighted by atomic mass is 32.1. The summed E-state index contributed by atoms with van der Waals surface area (Å²) in [5, 5.41) is 9.74. The lowest BCUT2D eigenvalue weighted by atomic mass is 10.0. The smallest absolute Gasteiger partial charge is 0.262 e. The van der Waals surface area contributed by atoms with E-state index in [1.807, 2.05) is 42.8 Å². The first-order valence-electron chi connectivity index (χ1n) is 8.06. The van der Waals surface area contributed by atoms with E-state index in [-0.39, 0.29) is 17.7 Å². The van der Waals surface area contributed by atoms with Crippen LogP contribution in [0.2, 0.25) is 0 Å². The van der Waals surface area contributed by atoms with Gasteiger partial charge in [0.2, 0.25) is 5.91 Å². The number of hydrogen-bond acceptors (Lipinski definition) is 6. The van der Waals surface area contributed by atoms with Gasteiger partial charge in [0.1, 0.15) is 11.7 Å². The van der Waals surface area contributed by atoms with Crippen LogP contribution in [-0.4, -0.2) is 27.8 Å². The maximum absolute atomic E-state index is 12.6. The minimum absolute atomic E-state index is 0.0610. The molecule has 2 amide bonds. The molecule has 0 bridgehead atoms. The summed E-state index contributed by atoms with van der Waals surface area (Å²) in [6.45, 7) is 3.78. The summed E-state index contributed by atoms with van der Waals surface area (Å²) < 4.78 is 0. The summed E-state index contributed by atoms with van der Waals surface area (Å²) in [6, 6.07) is 8.47. The van der Waals surface area contributed by atoms with Gasteiger partial charge >= 0.3 is 0 Å². The minimum Gasteiger partial charge on any atom is -0.339 e. The van der Waals surface area contributed by atoms with E-state index in [1.165, 1.54) is 22.7 Å². The topological polar surface area (TPSA) is 84.0 Å². The SMILES string of the molecule is CC(C)C(NC(=O)c1cccs1)C(=O)Nc1nc(-c2ccccn2)cs1. The van der Waals surface area contributed by atoms with Crippen molar-refractivity contribution in [3.63, 3.8) is 0 Å². The van der Waals surface area contributed by atoms with Crippen molar-refractivity contribution in [2.24, 2.45) is 5.92 Å². The molecule has 0 saturated heterocycles. The lowest BCUT2D eigenvalue weighted by Crippen LogP contribution is -2.46. The van der Waals surface area contributed by atoms with E-state index in [0.717, 1.165) is 5.69 Å². The van der Waals surface area contributed by atoms with Gasteiger partial charge in [-0.25, -0.2) is 4.98 Å². The maximum atomic E-state index is 12.6. The van der Waals surface area contributed by atoms with Gasteiger partial charge in [-0.05, 0) is 29.5 Å². The number of thiophene rings is 1. The predicted octanol–water partition coefficient (Wildman–Crippen LogP) is 3.66. The third-order valence-corrected chi connectivity index (χ3v) is 5.27. The number of nitrogens with zero attached hydrogens (tertiary/aromatic N) is 2. The zero-order valence-corrected chi connectivity index (χ0v) is 15.9. The van der Waals surface area contributed by atoms with E-state index < -0.39 is 6.04 Å². The number of amides is 2. The number of nitrogens with one attached hydrogen (secondary N) is 2. The largest absolute Gasteiger partial charge is 0.339 e. The van der Waals surface area contributed by atoms with Gasteiger partial charge in [0.15, 0.2) is 5.13 Å². The van der Waals surface area contributed by atoms with Crippen molar-refractivity contribution in [2.45, 2.75) is 19.9 Å². The highest BCUT2D eigenvalue weighted by Gasteiger charge is 2.25. The summed E-state index contributed by atoms with van der Waals surface area (Å²) in [4.78, 5) is 34.1. The van der Waals surface area contributed by atoms with Gasteiger partial charge in [0, 0.05) is 11.6 Å². The standard InChI is InChI=1S/C18H18N4O2S2/c1-11(2)15(21-16(23)14-7-5-9-25-14)17(24)22-18-20-13(10-26-18)12-6-3-4-8-19-12/h3-11,15H,1-2H3,(H,21,23)(H,20,22,24). The average molecular weight is 387 g/mol. The summed E-state index contributed by atoms with van der Waals surface area (Å²) in [5.74, 6) is -0.594. The summed E-state index contributed by atoms with van der Waals surface area (Å²) >= 11 is 2.67. The van der Waals surface area contributed by atoms with Crippen molar-refractivity contribution in [1.82, 2.24) is 15.3 Å². The molecule has 3 aromatic rings.